The Morgan fingerprint density at radius 3 is 2.48 bits per heavy atom. The summed E-state index contributed by atoms with van der Waals surface area (Å²) in [7, 11) is 0. The zero-order valence-corrected chi connectivity index (χ0v) is 25.5. The fraction of sp³-hybridized carbons (Fsp3) is 0.733. The van der Waals surface area contributed by atoms with E-state index in [2.05, 4.69) is 15.6 Å². The van der Waals surface area contributed by atoms with Gasteiger partial charge in [0.2, 0.25) is 5.91 Å². The van der Waals surface area contributed by atoms with Crippen LogP contribution in [0.2, 0.25) is 0 Å². The quantitative estimate of drug-likeness (QED) is 0.426. The van der Waals surface area contributed by atoms with Crippen LogP contribution in [0.25, 0.3) is 0 Å². The second-order valence-electron chi connectivity index (χ2n) is 12.9. The van der Waals surface area contributed by atoms with E-state index in [0.717, 1.165) is 44.7 Å². The van der Waals surface area contributed by atoms with Crippen molar-refractivity contribution in [1.29, 1.82) is 5.41 Å². The number of rotatable bonds is 3. The van der Waals surface area contributed by atoms with Gasteiger partial charge in [0.1, 0.15) is 24.1 Å². The largest absolute Gasteiger partial charge is 0.459 e. The molecule has 3 aliphatic heterocycles. The van der Waals surface area contributed by atoms with E-state index in [1.165, 1.54) is 22.8 Å². The van der Waals surface area contributed by atoms with Gasteiger partial charge in [0.05, 0.1) is 12.6 Å². The Hall–Kier alpha value is -3.44. The van der Waals surface area contributed by atoms with Crippen molar-refractivity contribution < 1.29 is 28.7 Å². The fourth-order valence-corrected chi connectivity index (χ4v) is 6.72. The van der Waals surface area contributed by atoms with Crippen molar-refractivity contribution in [1.82, 2.24) is 20.4 Å². The molecule has 4 rings (SSSR count). The third kappa shape index (κ3) is 6.95. The van der Waals surface area contributed by atoms with Crippen LogP contribution in [-0.4, -0.2) is 83.2 Å². The summed E-state index contributed by atoms with van der Waals surface area (Å²) < 4.78 is 12.3. The molecule has 12 nitrogen and oxygen atoms in total. The molecule has 0 aromatic carbocycles. The third-order valence-corrected chi connectivity index (χ3v) is 8.87. The van der Waals surface area contributed by atoms with Crippen molar-refractivity contribution in [2.24, 2.45) is 22.2 Å². The zero-order valence-electron chi connectivity index (χ0n) is 25.5. The molecule has 12 heteroatoms. The first kappa shape index (κ1) is 31.5. The van der Waals surface area contributed by atoms with Crippen LogP contribution in [0.15, 0.2) is 16.9 Å². The summed E-state index contributed by atoms with van der Waals surface area (Å²) in [5.41, 5.74) is -0.664. The topological polar surface area (TPSA) is 153 Å². The smallest absolute Gasteiger partial charge is 0.408 e. The molecule has 6 atom stereocenters. The lowest BCUT2D eigenvalue weighted by atomic mass is 9.85. The van der Waals surface area contributed by atoms with Gasteiger partial charge in [-0.15, -0.1) is 0 Å². The van der Waals surface area contributed by atoms with Crippen molar-refractivity contribution in [2.75, 3.05) is 13.1 Å². The Kier molecular flexibility index (Phi) is 9.93. The molecule has 0 aromatic rings. The van der Waals surface area contributed by atoms with Crippen molar-refractivity contribution in [3.8, 4) is 0 Å². The molecule has 3 N–H and O–H groups in total. The molecule has 0 aromatic heterocycles. The number of aliphatic imine (C=N–C) groups is 1. The number of carbonyl (C=O) groups excluding carboxylic acids is 4. The van der Waals surface area contributed by atoms with Crippen LogP contribution >= 0.6 is 0 Å². The molecular formula is C30H46N6O6. The standard InChI is InChI=1S/C30H46N6O6/c1-6-20-22-17-36(24(20)18(2)37)26(38)25(30(3,4)5)34-29(40)42-21-13-10-12-19(21)11-8-7-9-16-35-27(39)32-23(14-15-31)33-28(35)41-22/h14-15,19-22,24-25,31H,6-13,16-17H2,1-5H3,(H,32,39)(H,34,40)/b23-14+,31-15?/t19-,20-,21-,22+,24-,25-/m1/s1. The second-order valence-corrected chi connectivity index (χ2v) is 12.9. The van der Waals surface area contributed by atoms with E-state index in [1.54, 1.807) is 0 Å². The van der Waals surface area contributed by atoms with Crippen LogP contribution in [0.5, 0.6) is 0 Å². The second kappa shape index (κ2) is 13.2. The van der Waals surface area contributed by atoms with E-state index in [4.69, 9.17) is 14.9 Å². The first-order valence-corrected chi connectivity index (χ1v) is 15.3. The van der Waals surface area contributed by atoms with Gasteiger partial charge in [-0.1, -0.05) is 40.5 Å². The molecule has 42 heavy (non-hydrogen) atoms. The Bertz CT molecular complexity index is 1130. The van der Waals surface area contributed by atoms with Crippen LogP contribution in [0.4, 0.5) is 9.59 Å². The van der Waals surface area contributed by atoms with Gasteiger partial charge >= 0.3 is 18.1 Å². The number of nitrogens with zero attached hydrogens (tertiary/aromatic N) is 3. The molecule has 0 unspecified atom stereocenters. The number of hydrogen-bond donors (Lipinski definition) is 3. The molecular weight excluding hydrogens is 540 g/mol. The van der Waals surface area contributed by atoms with E-state index in [1.807, 2.05) is 27.7 Å². The number of ether oxygens (including phenoxy) is 2. The Labute approximate surface area is 248 Å². The maximum Gasteiger partial charge on any atom is 0.408 e. The predicted octanol–water partition coefficient (Wildman–Crippen LogP) is 3.95. The molecule has 3 fully saturated rings. The van der Waals surface area contributed by atoms with Gasteiger partial charge in [-0.25, -0.2) is 14.5 Å². The summed E-state index contributed by atoms with van der Waals surface area (Å²) in [6, 6.07) is -2.00. The van der Waals surface area contributed by atoms with Gasteiger partial charge < -0.3 is 25.1 Å². The van der Waals surface area contributed by atoms with E-state index < -0.39 is 35.7 Å². The third-order valence-electron chi connectivity index (χ3n) is 8.87. The number of alkyl carbamates (subject to hydrolysis) is 1. The highest BCUT2D eigenvalue weighted by Gasteiger charge is 2.51. The minimum atomic E-state index is -0.932. The number of Topliss-reactive ketones (excluding diaryl/α,β-unsaturated/α-hetero) is 1. The molecule has 2 saturated heterocycles. The van der Waals surface area contributed by atoms with Crippen molar-refractivity contribution in [3.63, 3.8) is 0 Å². The predicted molar refractivity (Wildman–Crippen MR) is 157 cm³/mol. The normalized spacial score (nSPS) is 32.4. The molecule has 3 heterocycles. The van der Waals surface area contributed by atoms with Crippen molar-refractivity contribution in [2.45, 2.75) is 110 Å². The first-order valence-electron chi connectivity index (χ1n) is 15.3. The van der Waals surface area contributed by atoms with Gasteiger partial charge in [0.25, 0.3) is 0 Å². The summed E-state index contributed by atoms with van der Waals surface area (Å²) in [5.74, 6) is -0.477. The number of hydrogen-bond acceptors (Lipinski definition) is 8. The van der Waals surface area contributed by atoms with E-state index in [-0.39, 0.29) is 48.0 Å². The minimum absolute atomic E-state index is 0.0910. The molecule has 2 bridgehead atoms. The van der Waals surface area contributed by atoms with Crippen molar-refractivity contribution in [3.05, 3.63) is 11.9 Å². The molecule has 1 aliphatic carbocycles. The summed E-state index contributed by atoms with van der Waals surface area (Å²) in [4.78, 5) is 60.9. The molecule has 0 spiro atoms. The summed E-state index contributed by atoms with van der Waals surface area (Å²) >= 11 is 0. The first-order chi connectivity index (χ1) is 19.9. The molecule has 0 radical (unpaired) electrons. The summed E-state index contributed by atoms with van der Waals surface area (Å²) in [6.45, 7) is 9.47. The highest BCUT2D eigenvalue weighted by molar-refractivity contribution is 5.98. The number of carbonyl (C=O) groups is 4. The number of amidine groups is 1. The van der Waals surface area contributed by atoms with E-state index >= 15 is 0 Å². The minimum Gasteiger partial charge on any atom is -0.459 e. The number of nitrogens with one attached hydrogen (secondary N) is 3. The van der Waals surface area contributed by atoms with Crippen LogP contribution in [-0.2, 0) is 19.1 Å². The van der Waals surface area contributed by atoms with Gasteiger partial charge in [0, 0.05) is 18.7 Å². The number of amides is 4. The van der Waals surface area contributed by atoms with E-state index in [9.17, 15) is 19.2 Å². The maximum atomic E-state index is 14.2. The average molecular weight is 587 g/mol. The van der Waals surface area contributed by atoms with Crippen molar-refractivity contribution >= 4 is 36.1 Å². The number of allylic oxidation sites excluding steroid dienone is 1. The molecule has 232 valence electrons. The van der Waals surface area contributed by atoms with Gasteiger partial charge in [-0.2, -0.15) is 4.99 Å². The zero-order chi connectivity index (χ0) is 30.6. The molecule has 4 amide bonds. The van der Waals surface area contributed by atoms with Crippen LogP contribution in [0.3, 0.4) is 0 Å². The maximum absolute atomic E-state index is 14.2. The molecule has 4 aliphatic rings. The van der Waals surface area contributed by atoms with Crippen LogP contribution in [0, 0.1) is 22.7 Å². The Morgan fingerprint density at radius 2 is 1.81 bits per heavy atom. The van der Waals surface area contributed by atoms with Gasteiger partial charge in [0.15, 0.2) is 5.78 Å². The van der Waals surface area contributed by atoms with E-state index in [0.29, 0.717) is 19.4 Å². The highest BCUT2D eigenvalue weighted by atomic mass is 16.6. The number of urea groups is 1. The number of ketones is 1. The highest BCUT2D eigenvalue weighted by Crippen LogP contribution is 2.35. The lowest BCUT2D eigenvalue weighted by Crippen LogP contribution is -2.57. The Morgan fingerprint density at radius 1 is 1.07 bits per heavy atom. The molecule has 1 saturated carbocycles. The van der Waals surface area contributed by atoms with Gasteiger partial charge in [-0.3, -0.25) is 14.9 Å². The summed E-state index contributed by atoms with van der Waals surface area (Å²) in [5, 5.41) is 13.0. The monoisotopic (exact) mass is 586 g/mol. The fourth-order valence-electron chi connectivity index (χ4n) is 6.72. The average Bonchev–Trinajstić information content (AvgIpc) is 3.51. The lowest BCUT2D eigenvalue weighted by Gasteiger charge is -2.35. The lowest BCUT2D eigenvalue weighted by molar-refractivity contribution is -0.141. The number of fused-ring (bicyclic) bond motifs is 4. The Balaban J connectivity index is 1.72. The summed E-state index contributed by atoms with van der Waals surface area (Å²) in [6.07, 6.45) is 7.69. The van der Waals surface area contributed by atoms with Crippen LogP contribution in [0.1, 0.15) is 86.0 Å². The SMILES string of the molecule is CC[C@@H]1[C@@H]2CN(C(=O)[C@H](C(C)(C)C)NC(=O)O[C@@H]3CCC[C@H]3CCCCCN3C(=O)N/C(=C\C=N)N=C3O2)[C@@H]1C(C)=O. The van der Waals surface area contributed by atoms with Crippen LogP contribution < -0.4 is 10.6 Å². The van der Waals surface area contributed by atoms with Gasteiger partial charge in [-0.05, 0) is 62.9 Å².